The lowest BCUT2D eigenvalue weighted by Crippen LogP contribution is -2.40. The summed E-state index contributed by atoms with van der Waals surface area (Å²) in [7, 11) is 0. The average Bonchev–Trinajstić information content (AvgIpc) is 2.17. The molecule has 0 amide bonds. The van der Waals surface area contributed by atoms with Gasteiger partial charge in [-0.25, -0.2) is 0 Å². The van der Waals surface area contributed by atoms with Gasteiger partial charge in [0.1, 0.15) is 0 Å². The number of piperidine rings is 1. The van der Waals surface area contributed by atoms with E-state index in [2.05, 4.69) is 17.1 Å². The van der Waals surface area contributed by atoms with Gasteiger partial charge in [-0.3, -0.25) is 0 Å². The van der Waals surface area contributed by atoms with Gasteiger partial charge in [0.2, 0.25) is 0 Å². The Morgan fingerprint density at radius 2 is 2.00 bits per heavy atom. The molecule has 1 saturated heterocycles. The largest absolute Gasteiger partial charge is 0.314 e. The van der Waals surface area contributed by atoms with Gasteiger partial charge in [-0.2, -0.15) is 0 Å². The van der Waals surface area contributed by atoms with Crippen LogP contribution in [0.1, 0.15) is 51.9 Å². The molecule has 1 aliphatic carbocycles. The molecule has 2 fully saturated rings. The predicted octanol–water partition coefficient (Wildman–Crippen LogP) is 2.39. The van der Waals surface area contributed by atoms with Gasteiger partial charge < -0.3 is 10.2 Å². The first kappa shape index (κ1) is 11.4. The Balaban J connectivity index is 1.52. The van der Waals surface area contributed by atoms with Crippen LogP contribution in [0.15, 0.2) is 0 Å². The van der Waals surface area contributed by atoms with E-state index in [1.165, 1.54) is 64.6 Å². The molecule has 1 heterocycles. The molecular formula is C13H26N2. The van der Waals surface area contributed by atoms with Crippen molar-refractivity contribution in [1.82, 2.24) is 10.2 Å². The molecule has 1 saturated carbocycles. The molecule has 2 nitrogen and oxygen atoms in total. The zero-order chi connectivity index (χ0) is 10.5. The third-order valence-corrected chi connectivity index (χ3v) is 4.10. The molecule has 2 heteroatoms. The van der Waals surface area contributed by atoms with Gasteiger partial charge in [0, 0.05) is 12.1 Å². The van der Waals surface area contributed by atoms with Gasteiger partial charge in [-0.15, -0.1) is 0 Å². The highest BCUT2D eigenvalue weighted by Gasteiger charge is 2.18. The summed E-state index contributed by atoms with van der Waals surface area (Å²) in [5.74, 6) is 0. The Kier molecular flexibility index (Phi) is 4.45. The fourth-order valence-electron chi connectivity index (χ4n) is 2.69. The summed E-state index contributed by atoms with van der Waals surface area (Å²) in [5, 5.41) is 3.65. The summed E-state index contributed by atoms with van der Waals surface area (Å²) in [4.78, 5) is 2.67. The van der Waals surface area contributed by atoms with E-state index in [9.17, 15) is 0 Å². The normalized spacial score (nSPS) is 29.0. The lowest BCUT2D eigenvalue weighted by atomic mass is 9.93. The van der Waals surface area contributed by atoms with Crippen molar-refractivity contribution in [2.24, 2.45) is 0 Å². The van der Waals surface area contributed by atoms with Gasteiger partial charge >= 0.3 is 0 Å². The van der Waals surface area contributed by atoms with Crippen LogP contribution in [0.2, 0.25) is 0 Å². The summed E-state index contributed by atoms with van der Waals surface area (Å²) in [5.41, 5.74) is 0. The predicted molar refractivity (Wildman–Crippen MR) is 65.1 cm³/mol. The van der Waals surface area contributed by atoms with Crippen LogP contribution in [-0.2, 0) is 0 Å². The summed E-state index contributed by atoms with van der Waals surface area (Å²) in [6, 6.07) is 1.70. The minimum atomic E-state index is 0.836. The van der Waals surface area contributed by atoms with Gasteiger partial charge in [-0.1, -0.05) is 12.8 Å². The zero-order valence-electron chi connectivity index (χ0n) is 10.2. The third kappa shape index (κ3) is 3.46. The lowest BCUT2D eigenvalue weighted by Gasteiger charge is -2.33. The van der Waals surface area contributed by atoms with Crippen molar-refractivity contribution in [1.29, 1.82) is 0 Å². The quantitative estimate of drug-likeness (QED) is 0.701. The number of hydrogen-bond acceptors (Lipinski definition) is 2. The second-order valence-electron chi connectivity index (χ2n) is 5.32. The maximum atomic E-state index is 3.65. The molecule has 2 rings (SSSR count). The summed E-state index contributed by atoms with van der Waals surface area (Å²) in [6.07, 6.45) is 9.89. The Bertz CT molecular complexity index is 177. The molecule has 1 atom stereocenters. The van der Waals surface area contributed by atoms with E-state index in [1.807, 2.05) is 0 Å². The molecule has 1 aliphatic heterocycles. The summed E-state index contributed by atoms with van der Waals surface area (Å²) in [6.45, 7) is 6.26. The smallest absolute Gasteiger partial charge is 0.00670 e. The van der Waals surface area contributed by atoms with Crippen LogP contribution in [0.4, 0.5) is 0 Å². The Hall–Kier alpha value is -0.0800. The highest BCUT2D eigenvalue weighted by molar-refractivity contribution is 4.77. The third-order valence-electron chi connectivity index (χ3n) is 4.10. The topological polar surface area (TPSA) is 15.3 Å². The molecule has 1 unspecified atom stereocenters. The molecule has 0 aromatic rings. The second kappa shape index (κ2) is 5.86. The molecule has 0 aromatic carbocycles. The van der Waals surface area contributed by atoms with Crippen molar-refractivity contribution in [3.05, 3.63) is 0 Å². The fourth-order valence-corrected chi connectivity index (χ4v) is 2.69. The van der Waals surface area contributed by atoms with E-state index in [0.29, 0.717) is 0 Å². The highest BCUT2D eigenvalue weighted by atomic mass is 15.2. The fraction of sp³-hybridized carbons (Fsp3) is 1.00. The Morgan fingerprint density at radius 3 is 2.67 bits per heavy atom. The van der Waals surface area contributed by atoms with E-state index in [0.717, 1.165) is 12.1 Å². The van der Waals surface area contributed by atoms with Gasteiger partial charge in [0.15, 0.2) is 0 Å². The van der Waals surface area contributed by atoms with Crippen LogP contribution >= 0.6 is 0 Å². The van der Waals surface area contributed by atoms with Gasteiger partial charge in [-0.05, 0) is 58.7 Å². The SMILES string of the molecule is CC1CCCCN1CCCNC1CCC1. The maximum Gasteiger partial charge on any atom is 0.00670 e. The summed E-state index contributed by atoms with van der Waals surface area (Å²) >= 11 is 0. The van der Waals surface area contributed by atoms with Crippen molar-refractivity contribution in [3.8, 4) is 0 Å². The number of rotatable bonds is 5. The average molecular weight is 210 g/mol. The van der Waals surface area contributed by atoms with Crippen molar-refractivity contribution in [2.45, 2.75) is 64.0 Å². The van der Waals surface area contributed by atoms with Crippen molar-refractivity contribution in [2.75, 3.05) is 19.6 Å². The van der Waals surface area contributed by atoms with E-state index in [1.54, 1.807) is 0 Å². The molecule has 2 aliphatic rings. The Morgan fingerprint density at radius 1 is 1.13 bits per heavy atom. The molecule has 0 radical (unpaired) electrons. The summed E-state index contributed by atoms with van der Waals surface area (Å²) < 4.78 is 0. The van der Waals surface area contributed by atoms with Crippen molar-refractivity contribution in [3.63, 3.8) is 0 Å². The molecular weight excluding hydrogens is 184 g/mol. The highest BCUT2D eigenvalue weighted by Crippen LogP contribution is 2.18. The van der Waals surface area contributed by atoms with Crippen LogP contribution in [0.3, 0.4) is 0 Å². The number of nitrogens with zero attached hydrogens (tertiary/aromatic N) is 1. The first-order valence-corrected chi connectivity index (χ1v) is 6.83. The standard InChI is InChI=1S/C13H26N2/c1-12-6-2-3-10-15(12)11-5-9-14-13-7-4-8-13/h12-14H,2-11H2,1H3. The van der Waals surface area contributed by atoms with Crippen LogP contribution < -0.4 is 5.32 Å². The lowest BCUT2D eigenvalue weighted by molar-refractivity contribution is 0.157. The second-order valence-corrected chi connectivity index (χ2v) is 5.32. The number of nitrogens with one attached hydrogen (secondary N) is 1. The number of hydrogen-bond donors (Lipinski definition) is 1. The first-order chi connectivity index (χ1) is 7.36. The minimum Gasteiger partial charge on any atom is -0.314 e. The van der Waals surface area contributed by atoms with Gasteiger partial charge in [0.25, 0.3) is 0 Å². The van der Waals surface area contributed by atoms with Crippen LogP contribution in [-0.4, -0.2) is 36.6 Å². The molecule has 15 heavy (non-hydrogen) atoms. The monoisotopic (exact) mass is 210 g/mol. The maximum absolute atomic E-state index is 3.65. The van der Waals surface area contributed by atoms with E-state index >= 15 is 0 Å². The van der Waals surface area contributed by atoms with Gasteiger partial charge in [0.05, 0.1) is 0 Å². The van der Waals surface area contributed by atoms with Crippen LogP contribution in [0.5, 0.6) is 0 Å². The Labute approximate surface area is 94.4 Å². The number of likely N-dealkylation sites (tertiary alicyclic amines) is 1. The molecule has 0 aromatic heterocycles. The van der Waals surface area contributed by atoms with Crippen molar-refractivity contribution < 1.29 is 0 Å². The minimum absolute atomic E-state index is 0.836. The molecule has 0 bridgehead atoms. The molecule has 0 spiro atoms. The van der Waals surface area contributed by atoms with Crippen molar-refractivity contribution >= 4 is 0 Å². The van der Waals surface area contributed by atoms with E-state index in [4.69, 9.17) is 0 Å². The molecule has 88 valence electrons. The molecule has 1 N–H and O–H groups in total. The van der Waals surface area contributed by atoms with Crippen LogP contribution in [0, 0.1) is 0 Å². The zero-order valence-corrected chi connectivity index (χ0v) is 10.2. The first-order valence-electron chi connectivity index (χ1n) is 6.83. The van der Waals surface area contributed by atoms with E-state index in [-0.39, 0.29) is 0 Å². The van der Waals surface area contributed by atoms with E-state index < -0.39 is 0 Å². The van der Waals surface area contributed by atoms with Crippen LogP contribution in [0.25, 0.3) is 0 Å².